The molecule has 3 nitrogen and oxygen atoms in total. The number of hydrogen-bond acceptors (Lipinski definition) is 3. The van der Waals surface area contributed by atoms with Gasteiger partial charge >= 0.3 is 0 Å². The highest BCUT2D eigenvalue weighted by atomic mass is 16.6. The lowest BCUT2D eigenvalue weighted by molar-refractivity contribution is -0.0385. The Balaban J connectivity index is 1.56. The van der Waals surface area contributed by atoms with Crippen molar-refractivity contribution in [3.63, 3.8) is 0 Å². The van der Waals surface area contributed by atoms with Gasteiger partial charge in [0.05, 0.1) is 19.3 Å². The van der Waals surface area contributed by atoms with E-state index >= 15 is 0 Å². The van der Waals surface area contributed by atoms with Crippen LogP contribution in [0.4, 0.5) is 0 Å². The highest BCUT2D eigenvalue weighted by molar-refractivity contribution is 5.13. The topological polar surface area (TPSA) is 27.7 Å². The fourth-order valence-electron chi connectivity index (χ4n) is 2.35. The molecular weight excluding hydrogens is 204 g/mol. The van der Waals surface area contributed by atoms with E-state index in [0.717, 1.165) is 13.0 Å². The standard InChI is InChI=1S/C13H16O3/c1-2-4-10(5-3-1)8-15-12-9-16-11-6-7-14-13(11)12/h1-5,11-13H,6-9H2/t11-,12?,13+/m1/s1. The van der Waals surface area contributed by atoms with Gasteiger partial charge in [0.1, 0.15) is 12.2 Å². The van der Waals surface area contributed by atoms with Gasteiger partial charge in [-0.05, 0) is 12.0 Å². The lowest BCUT2D eigenvalue weighted by Crippen LogP contribution is -2.29. The molecule has 0 radical (unpaired) electrons. The monoisotopic (exact) mass is 220 g/mol. The molecule has 2 aliphatic rings. The van der Waals surface area contributed by atoms with E-state index in [1.807, 2.05) is 18.2 Å². The maximum Gasteiger partial charge on any atom is 0.112 e. The minimum Gasteiger partial charge on any atom is -0.373 e. The molecular formula is C13H16O3. The van der Waals surface area contributed by atoms with E-state index < -0.39 is 0 Å². The SMILES string of the molecule is c1ccc(COC2CO[C@@H]3CCO[C@H]23)cc1. The predicted molar refractivity (Wildman–Crippen MR) is 59.1 cm³/mol. The second-order valence-electron chi connectivity index (χ2n) is 4.33. The van der Waals surface area contributed by atoms with Gasteiger partial charge < -0.3 is 14.2 Å². The summed E-state index contributed by atoms with van der Waals surface area (Å²) in [7, 11) is 0. The number of fused-ring (bicyclic) bond motifs is 1. The molecule has 2 saturated heterocycles. The smallest absolute Gasteiger partial charge is 0.112 e. The number of rotatable bonds is 3. The van der Waals surface area contributed by atoms with Crippen molar-refractivity contribution in [3.8, 4) is 0 Å². The minimum absolute atomic E-state index is 0.104. The molecule has 1 aromatic rings. The van der Waals surface area contributed by atoms with E-state index in [0.29, 0.717) is 13.2 Å². The summed E-state index contributed by atoms with van der Waals surface area (Å²) in [4.78, 5) is 0. The fraction of sp³-hybridized carbons (Fsp3) is 0.538. The molecule has 0 aliphatic carbocycles. The lowest BCUT2D eigenvalue weighted by Gasteiger charge is -2.16. The van der Waals surface area contributed by atoms with E-state index in [9.17, 15) is 0 Å². The summed E-state index contributed by atoms with van der Waals surface area (Å²) in [5.74, 6) is 0. The van der Waals surface area contributed by atoms with Crippen LogP contribution in [-0.4, -0.2) is 31.5 Å². The van der Waals surface area contributed by atoms with Crippen LogP contribution in [0.3, 0.4) is 0 Å². The molecule has 86 valence electrons. The van der Waals surface area contributed by atoms with Crippen LogP contribution in [0.15, 0.2) is 30.3 Å². The molecule has 3 atom stereocenters. The third-order valence-electron chi connectivity index (χ3n) is 3.23. The average molecular weight is 220 g/mol. The summed E-state index contributed by atoms with van der Waals surface area (Å²) in [6.45, 7) is 2.12. The van der Waals surface area contributed by atoms with Crippen molar-refractivity contribution in [3.05, 3.63) is 35.9 Å². The van der Waals surface area contributed by atoms with E-state index in [1.54, 1.807) is 0 Å². The first-order chi connectivity index (χ1) is 7.93. The molecule has 2 heterocycles. The minimum atomic E-state index is 0.104. The lowest BCUT2D eigenvalue weighted by atomic mass is 10.1. The Morgan fingerprint density at radius 1 is 1.19 bits per heavy atom. The molecule has 0 aromatic heterocycles. The van der Waals surface area contributed by atoms with Gasteiger partial charge in [-0.15, -0.1) is 0 Å². The van der Waals surface area contributed by atoms with E-state index in [1.165, 1.54) is 5.56 Å². The van der Waals surface area contributed by atoms with Gasteiger partial charge in [-0.2, -0.15) is 0 Å². The third-order valence-corrected chi connectivity index (χ3v) is 3.23. The largest absolute Gasteiger partial charge is 0.373 e. The molecule has 0 bridgehead atoms. The molecule has 2 fully saturated rings. The first-order valence-electron chi connectivity index (χ1n) is 5.82. The Morgan fingerprint density at radius 2 is 2.06 bits per heavy atom. The summed E-state index contributed by atoms with van der Waals surface area (Å²) < 4.78 is 17.1. The van der Waals surface area contributed by atoms with E-state index in [4.69, 9.17) is 14.2 Å². The Bertz CT molecular complexity index is 338. The summed E-state index contributed by atoms with van der Waals surface area (Å²) in [5.41, 5.74) is 1.20. The van der Waals surface area contributed by atoms with E-state index in [-0.39, 0.29) is 18.3 Å². The van der Waals surface area contributed by atoms with Crippen molar-refractivity contribution >= 4 is 0 Å². The zero-order valence-electron chi connectivity index (χ0n) is 9.17. The van der Waals surface area contributed by atoms with Crippen LogP contribution in [0.5, 0.6) is 0 Å². The van der Waals surface area contributed by atoms with Gasteiger partial charge in [0.2, 0.25) is 0 Å². The van der Waals surface area contributed by atoms with Crippen molar-refractivity contribution in [2.75, 3.05) is 13.2 Å². The predicted octanol–water partition coefficient (Wildman–Crippen LogP) is 1.76. The van der Waals surface area contributed by atoms with Gasteiger partial charge in [0.25, 0.3) is 0 Å². The highest BCUT2D eigenvalue weighted by Crippen LogP contribution is 2.28. The van der Waals surface area contributed by atoms with Crippen molar-refractivity contribution < 1.29 is 14.2 Å². The Labute approximate surface area is 95.3 Å². The van der Waals surface area contributed by atoms with Crippen molar-refractivity contribution in [2.24, 2.45) is 0 Å². The quantitative estimate of drug-likeness (QED) is 0.777. The normalized spacial score (nSPS) is 32.9. The third kappa shape index (κ3) is 1.98. The van der Waals surface area contributed by atoms with Crippen molar-refractivity contribution in [1.29, 1.82) is 0 Å². The van der Waals surface area contributed by atoms with Crippen LogP contribution < -0.4 is 0 Å². The fourth-order valence-corrected chi connectivity index (χ4v) is 2.35. The number of hydrogen-bond donors (Lipinski definition) is 0. The molecule has 0 spiro atoms. The Kier molecular flexibility index (Phi) is 2.91. The summed E-state index contributed by atoms with van der Waals surface area (Å²) in [5, 5.41) is 0. The van der Waals surface area contributed by atoms with Gasteiger partial charge in [-0.1, -0.05) is 30.3 Å². The highest BCUT2D eigenvalue weighted by Gasteiger charge is 2.42. The number of benzene rings is 1. The number of ether oxygens (including phenoxy) is 3. The molecule has 1 unspecified atom stereocenters. The summed E-state index contributed by atoms with van der Waals surface area (Å²) in [6.07, 6.45) is 1.53. The Hall–Kier alpha value is -0.900. The molecule has 16 heavy (non-hydrogen) atoms. The average Bonchev–Trinajstić information content (AvgIpc) is 2.90. The zero-order valence-corrected chi connectivity index (χ0v) is 9.17. The molecule has 3 rings (SSSR count). The van der Waals surface area contributed by atoms with Crippen LogP contribution in [0.2, 0.25) is 0 Å². The molecule has 3 heteroatoms. The second-order valence-corrected chi connectivity index (χ2v) is 4.33. The molecule has 0 amide bonds. The van der Waals surface area contributed by atoms with Crippen molar-refractivity contribution in [2.45, 2.75) is 31.3 Å². The first-order valence-corrected chi connectivity index (χ1v) is 5.82. The van der Waals surface area contributed by atoms with Crippen LogP contribution in [0, 0.1) is 0 Å². The van der Waals surface area contributed by atoms with Crippen molar-refractivity contribution in [1.82, 2.24) is 0 Å². The van der Waals surface area contributed by atoms with Crippen LogP contribution >= 0.6 is 0 Å². The van der Waals surface area contributed by atoms with Crippen LogP contribution in [-0.2, 0) is 20.8 Å². The van der Waals surface area contributed by atoms with Gasteiger partial charge in [-0.3, -0.25) is 0 Å². The van der Waals surface area contributed by atoms with Gasteiger partial charge in [-0.25, -0.2) is 0 Å². The summed E-state index contributed by atoms with van der Waals surface area (Å²) in [6, 6.07) is 10.2. The molecule has 0 saturated carbocycles. The van der Waals surface area contributed by atoms with Crippen LogP contribution in [0.25, 0.3) is 0 Å². The molecule has 1 aromatic carbocycles. The zero-order chi connectivity index (χ0) is 10.8. The van der Waals surface area contributed by atoms with Gasteiger partial charge in [0, 0.05) is 6.61 Å². The van der Waals surface area contributed by atoms with E-state index in [2.05, 4.69) is 12.1 Å². The Morgan fingerprint density at radius 3 is 2.94 bits per heavy atom. The molecule has 0 N–H and O–H groups in total. The maximum atomic E-state index is 5.85. The first kappa shape index (κ1) is 10.3. The van der Waals surface area contributed by atoms with Gasteiger partial charge in [0.15, 0.2) is 0 Å². The van der Waals surface area contributed by atoms with Crippen LogP contribution in [0.1, 0.15) is 12.0 Å². The second kappa shape index (κ2) is 4.53. The maximum absolute atomic E-state index is 5.85. The molecule has 2 aliphatic heterocycles. The summed E-state index contributed by atoms with van der Waals surface area (Å²) >= 11 is 0.